The average molecular weight is 478 g/mol. The lowest BCUT2D eigenvalue weighted by Crippen LogP contribution is -2.18. The highest BCUT2D eigenvalue weighted by Crippen LogP contribution is 2.26. The second-order valence-electron chi connectivity index (χ2n) is 7.67. The molecule has 34 heavy (non-hydrogen) atoms. The molecule has 4 rings (SSSR count). The number of H-pyrrole nitrogens is 1. The second-order valence-corrected chi connectivity index (χ2v) is 8.08. The van der Waals surface area contributed by atoms with Crippen LogP contribution in [0, 0.1) is 6.92 Å². The summed E-state index contributed by atoms with van der Waals surface area (Å²) in [6.45, 7) is 2.56. The minimum atomic E-state index is -0.203. The number of anilines is 1. The van der Waals surface area contributed by atoms with E-state index in [4.69, 9.17) is 21.1 Å². The average Bonchev–Trinajstić information content (AvgIpc) is 2.85. The normalized spacial score (nSPS) is 10.7. The van der Waals surface area contributed by atoms with E-state index in [1.54, 1.807) is 24.7 Å². The highest BCUT2D eigenvalue weighted by molar-refractivity contribution is 6.31. The van der Waals surface area contributed by atoms with E-state index in [-0.39, 0.29) is 11.6 Å². The van der Waals surface area contributed by atoms with Crippen LogP contribution in [0.2, 0.25) is 5.02 Å². The van der Waals surface area contributed by atoms with Crippen LogP contribution in [0.15, 0.2) is 65.8 Å². The lowest BCUT2D eigenvalue weighted by molar-refractivity contribution is 0.379. The van der Waals surface area contributed by atoms with Gasteiger partial charge in [-0.05, 0) is 54.3 Å². The summed E-state index contributed by atoms with van der Waals surface area (Å²) < 4.78 is 10.8. The number of aromatic amines is 1. The first-order valence-electron chi connectivity index (χ1n) is 10.7. The van der Waals surface area contributed by atoms with Gasteiger partial charge in [0.25, 0.3) is 5.56 Å². The molecule has 0 aliphatic heterocycles. The largest absolute Gasteiger partial charge is 0.467 e. The first-order valence-corrected chi connectivity index (χ1v) is 11.1. The fraction of sp³-hybridized carbons (Fsp3) is 0.200. The van der Waals surface area contributed by atoms with E-state index >= 15 is 0 Å². The summed E-state index contributed by atoms with van der Waals surface area (Å²) in [6, 6.07) is 13.7. The summed E-state index contributed by atoms with van der Waals surface area (Å²) in [5, 5.41) is 3.83. The Hall–Kier alpha value is -3.91. The molecular weight excluding hydrogens is 454 g/mol. The zero-order valence-electron chi connectivity index (χ0n) is 18.8. The molecule has 0 aliphatic rings. The molecule has 0 aliphatic carbocycles. The molecule has 0 unspecified atom stereocenters. The Morgan fingerprint density at radius 3 is 2.38 bits per heavy atom. The molecule has 2 N–H and O–H groups in total. The van der Waals surface area contributed by atoms with E-state index in [1.165, 1.54) is 7.11 Å². The van der Waals surface area contributed by atoms with Gasteiger partial charge >= 0.3 is 6.01 Å². The van der Waals surface area contributed by atoms with Crippen molar-refractivity contribution < 1.29 is 9.47 Å². The van der Waals surface area contributed by atoms with Gasteiger partial charge in [-0.3, -0.25) is 9.78 Å². The standard InChI is InChI=1S/C25H24ClN5O3/c1-16-3-6-21(12-22(16)26)34-20-7-4-17(5-8-20)9-10-27-24-28-15-19(23(32)31-24)11-18-13-29-25(33-2)30-14-18/h3-8,12-15H,9-11H2,1-2H3,(H2,27,28,31,32). The van der Waals surface area contributed by atoms with Crippen molar-refractivity contribution in [1.29, 1.82) is 0 Å². The van der Waals surface area contributed by atoms with E-state index in [0.29, 0.717) is 35.2 Å². The molecule has 0 amide bonds. The van der Waals surface area contributed by atoms with Crippen molar-refractivity contribution in [3.8, 4) is 17.5 Å². The molecule has 0 bridgehead atoms. The minimum absolute atomic E-state index is 0.203. The third-order valence-corrected chi connectivity index (χ3v) is 5.55. The number of ether oxygens (including phenoxy) is 2. The van der Waals surface area contributed by atoms with Crippen LogP contribution in [-0.2, 0) is 12.8 Å². The summed E-state index contributed by atoms with van der Waals surface area (Å²) in [4.78, 5) is 27.6. The number of hydrogen-bond acceptors (Lipinski definition) is 7. The monoisotopic (exact) mass is 477 g/mol. The number of benzene rings is 2. The maximum atomic E-state index is 12.4. The number of aryl methyl sites for hydroxylation is 1. The highest BCUT2D eigenvalue weighted by atomic mass is 35.5. The Bertz CT molecular complexity index is 1310. The minimum Gasteiger partial charge on any atom is -0.467 e. The lowest BCUT2D eigenvalue weighted by Gasteiger charge is -2.09. The van der Waals surface area contributed by atoms with Gasteiger partial charge in [-0.25, -0.2) is 15.0 Å². The van der Waals surface area contributed by atoms with Gasteiger partial charge in [0.2, 0.25) is 5.95 Å². The number of nitrogens with zero attached hydrogens (tertiary/aromatic N) is 3. The predicted octanol–water partition coefficient (Wildman–Crippen LogP) is 4.57. The smallest absolute Gasteiger partial charge is 0.316 e. The van der Waals surface area contributed by atoms with Gasteiger partial charge in [0, 0.05) is 42.1 Å². The zero-order valence-corrected chi connectivity index (χ0v) is 19.6. The molecule has 174 valence electrons. The molecule has 0 atom stereocenters. The maximum Gasteiger partial charge on any atom is 0.316 e. The molecule has 0 fully saturated rings. The van der Waals surface area contributed by atoms with E-state index in [2.05, 4.69) is 25.3 Å². The summed E-state index contributed by atoms with van der Waals surface area (Å²) in [6.07, 6.45) is 5.96. The first kappa shape index (κ1) is 23.3. The maximum absolute atomic E-state index is 12.4. The van der Waals surface area contributed by atoms with Crippen molar-refractivity contribution in [2.24, 2.45) is 0 Å². The first-order chi connectivity index (χ1) is 16.5. The van der Waals surface area contributed by atoms with Crippen molar-refractivity contribution in [3.05, 3.63) is 98.7 Å². The van der Waals surface area contributed by atoms with Gasteiger partial charge in [-0.2, -0.15) is 0 Å². The van der Waals surface area contributed by atoms with E-state index in [1.807, 2.05) is 43.3 Å². The van der Waals surface area contributed by atoms with Gasteiger partial charge < -0.3 is 14.8 Å². The summed E-state index contributed by atoms with van der Waals surface area (Å²) in [7, 11) is 1.50. The van der Waals surface area contributed by atoms with Crippen LogP contribution in [0.3, 0.4) is 0 Å². The molecule has 9 heteroatoms. The van der Waals surface area contributed by atoms with Gasteiger partial charge in [0.1, 0.15) is 11.5 Å². The summed E-state index contributed by atoms with van der Waals surface area (Å²) >= 11 is 6.15. The van der Waals surface area contributed by atoms with Crippen LogP contribution < -0.4 is 20.3 Å². The van der Waals surface area contributed by atoms with E-state index in [9.17, 15) is 4.79 Å². The van der Waals surface area contributed by atoms with E-state index < -0.39 is 0 Å². The Labute approximate surface area is 202 Å². The third-order valence-electron chi connectivity index (χ3n) is 5.14. The molecule has 0 spiro atoms. The van der Waals surface area contributed by atoms with Gasteiger partial charge in [-0.15, -0.1) is 0 Å². The number of aromatic nitrogens is 4. The predicted molar refractivity (Wildman–Crippen MR) is 131 cm³/mol. The van der Waals surface area contributed by atoms with Crippen molar-refractivity contribution >= 4 is 17.5 Å². The number of nitrogens with one attached hydrogen (secondary N) is 2. The second kappa shape index (κ2) is 10.8. The summed E-state index contributed by atoms with van der Waals surface area (Å²) in [5.74, 6) is 1.86. The quantitative estimate of drug-likeness (QED) is 0.364. The third kappa shape index (κ3) is 6.11. The Morgan fingerprint density at radius 2 is 1.71 bits per heavy atom. The molecule has 0 saturated carbocycles. The van der Waals surface area contributed by atoms with Gasteiger partial charge in [0.05, 0.1) is 7.11 Å². The van der Waals surface area contributed by atoms with Crippen molar-refractivity contribution in [2.75, 3.05) is 19.0 Å². The van der Waals surface area contributed by atoms with Crippen LogP contribution >= 0.6 is 11.6 Å². The molecule has 2 heterocycles. The van der Waals surface area contributed by atoms with Gasteiger partial charge in [0.15, 0.2) is 0 Å². The molecule has 0 saturated heterocycles. The molecule has 0 radical (unpaired) electrons. The Kier molecular flexibility index (Phi) is 7.39. The molecule has 8 nitrogen and oxygen atoms in total. The van der Waals surface area contributed by atoms with Crippen molar-refractivity contribution in [2.45, 2.75) is 19.8 Å². The van der Waals surface area contributed by atoms with Crippen molar-refractivity contribution in [1.82, 2.24) is 19.9 Å². The summed E-state index contributed by atoms with van der Waals surface area (Å²) in [5.41, 5.74) is 3.26. The fourth-order valence-corrected chi connectivity index (χ4v) is 3.39. The number of methoxy groups -OCH3 is 1. The number of halogens is 1. The Balaban J connectivity index is 1.28. The molecular formula is C25H24ClN5O3. The van der Waals surface area contributed by atoms with Crippen LogP contribution in [-0.4, -0.2) is 33.6 Å². The van der Waals surface area contributed by atoms with Crippen LogP contribution in [0.5, 0.6) is 17.5 Å². The SMILES string of the molecule is COc1ncc(Cc2cnc(NCCc3ccc(Oc4ccc(C)c(Cl)c4)cc3)[nH]c2=O)cn1. The molecule has 2 aromatic carbocycles. The van der Waals surface area contributed by atoms with E-state index in [0.717, 1.165) is 28.9 Å². The highest BCUT2D eigenvalue weighted by Gasteiger charge is 2.06. The van der Waals surface area contributed by atoms with Crippen LogP contribution in [0.1, 0.15) is 22.3 Å². The Morgan fingerprint density at radius 1 is 0.971 bits per heavy atom. The molecule has 4 aromatic rings. The fourth-order valence-electron chi connectivity index (χ4n) is 3.22. The molecule has 2 aromatic heterocycles. The zero-order chi connectivity index (χ0) is 23.9. The van der Waals surface area contributed by atoms with Crippen molar-refractivity contribution in [3.63, 3.8) is 0 Å². The topological polar surface area (TPSA) is 102 Å². The number of rotatable bonds is 9. The van der Waals surface area contributed by atoms with Gasteiger partial charge in [-0.1, -0.05) is 29.8 Å². The van der Waals surface area contributed by atoms with Crippen LogP contribution in [0.4, 0.5) is 5.95 Å². The number of hydrogen-bond donors (Lipinski definition) is 2. The lowest BCUT2D eigenvalue weighted by atomic mass is 10.1. The van der Waals surface area contributed by atoms with Crippen LogP contribution in [0.25, 0.3) is 0 Å².